The van der Waals surface area contributed by atoms with Crippen LogP contribution in [0.4, 0.5) is 11.4 Å². The topological polar surface area (TPSA) is 45.7 Å². The van der Waals surface area contributed by atoms with Gasteiger partial charge in [-0.15, -0.1) is 0 Å². The van der Waals surface area contributed by atoms with Gasteiger partial charge in [-0.2, -0.15) is 0 Å². The summed E-state index contributed by atoms with van der Waals surface area (Å²) in [5.74, 6) is 0.983. The van der Waals surface area contributed by atoms with E-state index in [2.05, 4.69) is 35.9 Å². The van der Waals surface area contributed by atoms with Crippen molar-refractivity contribution in [3.05, 3.63) is 61.2 Å². The highest BCUT2D eigenvalue weighted by atomic mass is 16.5. The highest BCUT2D eigenvalue weighted by Crippen LogP contribution is 2.36. The molecule has 1 aromatic carbocycles. The second kappa shape index (κ2) is 6.84. The number of para-hydroxylation sites is 2. The van der Waals surface area contributed by atoms with Crippen LogP contribution in [0.1, 0.15) is 12.8 Å². The van der Waals surface area contributed by atoms with Gasteiger partial charge in [-0.25, -0.2) is 0 Å². The summed E-state index contributed by atoms with van der Waals surface area (Å²) in [6, 6.07) is 8.24. The Kier molecular flexibility index (Phi) is 4.63. The molecule has 0 unspecified atom stereocenters. The molecule has 0 aliphatic carbocycles. The zero-order chi connectivity index (χ0) is 16.1. The van der Waals surface area contributed by atoms with Crippen molar-refractivity contribution in [2.75, 3.05) is 30.4 Å². The Balaban J connectivity index is 1.93. The summed E-state index contributed by atoms with van der Waals surface area (Å²) in [6.07, 6.45) is 7.34. The zero-order valence-electron chi connectivity index (χ0n) is 13.3. The van der Waals surface area contributed by atoms with E-state index in [0.717, 1.165) is 48.8 Å². The predicted molar refractivity (Wildman–Crippen MR) is 97.3 cm³/mol. The van der Waals surface area contributed by atoms with Gasteiger partial charge in [-0.05, 0) is 17.7 Å². The number of aliphatic imine (C=N–C) groups is 1. The summed E-state index contributed by atoms with van der Waals surface area (Å²) in [4.78, 5) is 4.85. The summed E-state index contributed by atoms with van der Waals surface area (Å²) in [6.45, 7) is 9.65. The minimum absolute atomic E-state index is 0.174. The number of hydrogen-bond donors (Lipinski definition) is 2. The van der Waals surface area contributed by atoms with E-state index in [1.165, 1.54) is 0 Å². The first-order chi connectivity index (χ1) is 11.3. The lowest BCUT2D eigenvalue weighted by Gasteiger charge is -2.43. The highest BCUT2D eigenvalue weighted by Gasteiger charge is 2.41. The molecule has 0 atom stereocenters. The Morgan fingerprint density at radius 2 is 1.96 bits per heavy atom. The molecule has 1 aromatic rings. The third kappa shape index (κ3) is 3.22. The molecule has 2 heterocycles. The molecule has 0 amide bonds. The van der Waals surface area contributed by atoms with Crippen LogP contribution in [0.25, 0.3) is 0 Å². The molecular formula is C19H23N3O. The Bertz CT molecular complexity index is 654. The van der Waals surface area contributed by atoms with E-state index in [-0.39, 0.29) is 5.54 Å². The van der Waals surface area contributed by atoms with Crippen molar-refractivity contribution in [2.24, 2.45) is 4.99 Å². The van der Waals surface area contributed by atoms with Crippen molar-refractivity contribution in [3.63, 3.8) is 0 Å². The molecule has 2 N–H and O–H groups in total. The van der Waals surface area contributed by atoms with Crippen molar-refractivity contribution < 1.29 is 4.74 Å². The van der Waals surface area contributed by atoms with Crippen LogP contribution in [0.3, 0.4) is 0 Å². The predicted octanol–water partition coefficient (Wildman–Crippen LogP) is 3.77. The van der Waals surface area contributed by atoms with E-state index in [0.29, 0.717) is 6.54 Å². The number of fused-ring (bicyclic) bond motifs is 1. The standard InChI is InChI=1S/C19H23N3O/c1-3-7-15(4-2)14-20-18-19(10-12-23-13-11-19)22-17-9-6-5-8-16(17)21-18/h3-9,22H,1-2,10-14H2,(H,20,21)/b15-7+. The van der Waals surface area contributed by atoms with E-state index < -0.39 is 0 Å². The molecule has 0 radical (unpaired) electrons. The van der Waals surface area contributed by atoms with Gasteiger partial charge < -0.3 is 15.4 Å². The Hall–Kier alpha value is -2.33. The van der Waals surface area contributed by atoms with E-state index in [1.54, 1.807) is 6.08 Å². The summed E-state index contributed by atoms with van der Waals surface area (Å²) in [7, 11) is 0. The lowest BCUT2D eigenvalue weighted by atomic mass is 9.86. The number of rotatable bonds is 4. The largest absolute Gasteiger partial charge is 0.381 e. The lowest BCUT2D eigenvalue weighted by molar-refractivity contribution is 0.0778. The van der Waals surface area contributed by atoms with E-state index >= 15 is 0 Å². The van der Waals surface area contributed by atoms with Crippen LogP contribution in [-0.4, -0.2) is 31.1 Å². The minimum atomic E-state index is -0.174. The molecule has 0 aromatic heterocycles. The maximum atomic E-state index is 5.56. The molecule has 1 fully saturated rings. The molecule has 4 heteroatoms. The number of amidine groups is 1. The minimum Gasteiger partial charge on any atom is -0.381 e. The van der Waals surface area contributed by atoms with Gasteiger partial charge >= 0.3 is 0 Å². The quantitative estimate of drug-likeness (QED) is 0.832. The molecule has 4 nitrogen and oxygen atoms in total. The summed E-state index contributed by atoms with van der Waals surface area (Å²) in [5, 5.41) is 7.22. The number of ether oxygens (including phenoxy) is 1. The number of nitrogens with zero attached hydrogens (tertiary/aromatic N) is 1. The van der Waals surface area contributed by atoms with Crippen LogP contribution < -0.4 is 10.6 Å². The van der Waals surface area contributed by atoms with Gasteiger partial charge in [-0.1, -0.05) is 43.5 Å². The first-order valence-corrected chi connectivity index (χ1v) is 7.98. The number of anilines is 2. The second-order valence-electron chi connectivity index (χ2n) is 5.84. The number of allylic oxidation sites excluding steroid dienone is 2. The summed E-state index contributed by atoms with van der Waals surface area (Å²) >= 11 is 0. The molecule has 1 spiro atoms. The van der Waals surface area contributed by atoms with Gasteiger partial charge in [-0.3, -0.25) is 4.99 Å². The van der Waals surface area contributed by atoms with Gasteiger partial charge in [0.15, 0.2) is 0 Å². The summed E-state index contributed by atoms with van der Waals surface area (Å²) < 4.78 is 5.56. The van der Waals surface area contributed by atoms with Crippen LogP contribution in [0, 0.1) is 0 Å². The Morgan fingerprint density at radius 1 is 1.22 bits per heavy atom. The molecular weight excluding hydrogens is 286 g/mol. The van der Waals surface area contributed by atoms with Gasteiger partial charge in [0.1, 0.15) is 5.84 Å². The fourth-order valence-corrected chi connectivity index (χ4v) is 3.04. The third-order valence-corrected chi connectivity index (χ3v) is 4.37. The maximum Gasteiger partial charge on any atom is 0.127 e. The van der Waals surface area contributed by atoms with Gasteiger partial charge in [0, 0.05) is 26.1 Å². The average Bonchev–Trinajstić information content (AvgIpc) is 2.59. The van der Waals surface area contributed by atoms with Crippen LogP contribution in [0.2, 0.25) is 0 Å². The van der Waals surface area contributed by atoms with Gasteiger partial charge in [0.25, 0.3) is 0 Å². The molecule has 1 saturated heterocycles. The second-order valence-corrected chi connectivity index (χ2v) is 5.84. The van der Waals surface area contributed by atoms with Crippen molar-refractivity contribution >= 4 is 17.2 Å². The molecule has 2 aliphatic heterocycles. The van der Waals surface area contributed by atoms with Gasteiger partial charge in [0.2, 0.25) is 0 Å². The van der Waals surface area contributed by atoms with Gasteiger partial charge in [0.05, 0.1) is 23.5 Å². The smallest absolute Gasteiger partial charge is 0.127 e. The van der Waals surface area contributed by atoms with Crippen molar-refractivity contribution in [1.29, 1.82) is 0 Å². The Morgan fingerprint density at radius 3 is 2.65 bits per heavy atom. The van der Waals surface area contributed by atoms with E-state index in [9.17, 15) is 0 Å². The zero-order valence-corrected chi connectivity index (χ0v) is 13.3. The van der Waals surface area contributed by atoms with Crippen LogP contribution in [-0.2, 0) is 4.74 Å². The monoisotopic (exact) mass is 309 g/mol. The third-order valence-electron chi connectivity index (χ3n) is 4.37. The first kappa shape index (κ1) is 15.6. The summed E-state index contributed by atoms with van der Waals surface area (Å²) in [5.41, 5.74) is 3.07. The fourth-order valence-electron chi connectivity index (χ4n) is 3.04. The van der Waals surface area contributed by atoms with Crippen molar-refractivity contribution in [3.8, 4) is 0 Å². The maximum absolute atomic E-state index is 5.56. The average molecular weight is 309 g/mol. The van der Waals surface area contributed by atoms with E-state index in [1.807, 2.05) is 24.3 Å². The number of hydrogen-bond acceptors (Lipinski definition) is 3. The normalized spacial score (nSPS) is 21.2. The molecule has 0 saturated carbocycles. The van der Waals surface area contributed by atoms with Crippen LogP contribution in [0.15, 0.2) is 66.2 Å². The Labute approximate surface area is 137 Å². The number of nitrogens with one attached hydrogen (secondary N) is 2. The molecule has 2 aliphatic rings. The van der Waals surface area contributed by atoms with Crippen LogP contribution in [0.5, 0.6) is 0 Å². The highest BCUT2D eigenvalue weighted by molar-refractivity contribution is 6.09. The fraction of sp³-hybridized carbons (Fsp3) is 0.316. The van der Waals surface area contributed by atoms with Crippen molar-refractivity contribution in [2.45, 2.75) is 18.4 Å². The molecule has 0 bridgehead atoms. The number of benzene rings is 1. The molecule has 120 valence electrons. The van der Waals surface area contributed by atoms with Crippen molar-refractivity contribution in [1.82, 2.24) is 0 Å². The van der Waals surface area contributed by atoms with Crippen LogP contribution >= 0.6 is 0 Å². The SMILES string of the molecule is C=C/C=C(\C=C)CN=C1Nc2ccccc2NC12CCOCC2. The van der Waals surface area contributed by atoms with E-state index in [4.69, 9.17) is 9.73 Å². The first-order valence-electron chi connectivity index (χ1n) is 7.98. The lowest BCUT2D eigenvalue weighted by Crippen LogP contribution is -2.55. The molecule has 23 heavy (non-hydrogen) atoms. The molecule has 3 rings (SSSR count).